The summed E-state index contributed by atoms with van der Waals surface area (Å²) in [6.45, 7) is 0.626. The minimum absolute atomic E-state index is 0.0167. The number of benzene rings is 3. The number of amides is 2. The number of carbonyl (C=O) groups is 2. The lowest BCUT2D eigenvalue weighted by molar-refractivity contribution is -0.153. The van der Waals surface area contributed by atoms with E-state index in [4.69, 9.17) is 16.3 Å². The zero-order valence-corrected chi connectivity index (χ0v) is 25.0. The first kappa shape index (κ1) is 30.4. The van der Waals surface area contributed by atoms with Gasteiger partial charge in [0.25, 0.3) is 11.8 Å². The number of nitrogens with zero attached hydrogens (tertiary/aromatic N) is 3. The van der Waals surface area contributed by atoms with Gasteiger partial charge >= 0.3 is 11.9 Å². The first-order chi connectivity index (χ1) is 20.4. The third-order valence-electron chi connectivity index (χ3n) is 6.99. The molecule has 0 spiro atoms. The second-order valence-corrected chi connectivity index (χ2v) is 11.2. The molecule has 0 aliphatic carbocycles. The fourth-order valence-corrected chi connectivity index (χ4v) is 5.29. The van der Waals surface area contributed by atoms with Gasteiger partial charge in [0.1, 0.15) is 11.4 Å². The van der Waals surface area contributed by atoms with E-state index in [0.717, 1.165) is 5.56 Å². The van der Waals surface area contributed by atoms with E-state index in [1.165, 1.54) is 38.3 Å². The standard InChI is InChI=1S/C30H25BrClF3N4O4/c1-18(19-5-3-2-4-6-19)36-27(40)26-25-16-37(28(41)20-7-12-23(31)24(32)15-20)13-14-38(25)29(42)39(26)21-8-10-22(11-9-21)43-17-30(33,34)35/h2-12,15,18H,13-14,16-17H2,1H3,(H,36,40)/t18-/m1/s1. The number of halogens is 5. The zero-order valence-electron chi connectivity index (χ0n) is 22.7. The molecule has 2 heterocycles. The number of aromatic nitrogens is 2. The molecular weight excluding hydrogens is 653 g/mol. The molecule has 0 saturated heterocycles. The summed E-state index contributed by atoms with van der Waals surface area (Å²) < 4.78 is 45.9. The maximum atomic E-state index is 13.9. The lowest BCUT2D eigenvalue weighted by Gasteiger charge is -2.28. The van der Waals surface area contributed by atoms with Crippen molar-refractivity contribution in [1.82, 2.24) is 19.4 Å². The molecule has 1 atom stereocenters. The van der Waals surface area contributed by atoms with Gasteiger partial charge in [-0.3, -0.25) is 18.7 Å². The highest BCUT2D eigenvalue weighted by Gasteiger charge is 2.33. The Balaban J connectivity index is 1.52. The summed E-state index contributed by atoms with van der Waals surface area (Å²) in [7, 11) is 0. The Morgan fingerprint density at radius 1 is 1.05 bits per heavy atom. The van der Waals surface area contributed by atoms with E-state index < -0.39 is 30.4 Å². The van der Waals surface area contributed by atoms with Crippen LogP contribution < -0.4 is 15.7 Å². The Hall–Kier alpha value is -4.03. The van der Waals surface area contributed by atoms with Crippen LogP contribution in [0, 0.1) is 0 Å². The molecule has 1 aromatic heterocycles. The largest absolute Gasteiger partial charge is 0.484 e. The summed E-state index contributed by atoms with van der Waals surface area (Å²) in [5, 5.41) is 3.30. The number of nitrogens with one attached hydrogen (secondary N) is 1. The Morgan fingerprint density at radius 2 is 1.74 bits per heavy atom. The molecule has 0 bridgehead atoms. The van der Waals surface area contributed by atoms with Crippen LogP contribution in [0.1, 0.15) is 45.1 Å². The van der Waals surface area contributed by atoms with Gasteiger partial charge in [-0.2, -0.15) is 13.2 Å². The van der Waals surface area contributed by atoms with Crippen molar-refractivity contribution in [3.63, 3.8) is 0 Å². The van der Waals surface area contributed by atoms with Crippen molar-refractivity contribution in [3.05, 3.63) is 115 Å². The number of imidazole rings is 1. The van der Waals surface area contributed by atoms with Crippen LogP contribution in [0.2, 0.25) is 5.02 Å². The Labute approximate surface area is 257 Å². The Kier molecular flexibility index (Phi) is 8.70. The molecule has 0 unspecified atom stereocenters. The van der Waals surface area contributed by atoms with Crippen LogP contribution >= 0.6 is 27.5 Å². The van der Waals surface area contributed by atoms with Crippen molar-refractivity contribution in [2.45, 2.75) is 32.2 Å². The molecule has 224 valence electrons. The molecule has 13 heteroatoms. The lowest BCUT2D eigenvalue weighted by Crippen LogP contribution is -2.41. The Bertz CT molecular complexity index is 1720. The number of hydrogen-bond acceptors (Lipinski definition) is 4. The van der Waals surface area contributed by atoms with Gasteiger partial charge in [0, 0.05) is 23.1 Å². The van der Waals surface area contributed by atoms with Crippen LogP contribution in [0.25, 0.3) is 5.69 Å². The molecule has 3 aromatic carbocycles. The molecule has 4 aromatic rings. The topological polar surface area (TPSA) is 85.6 Å². The monoisotopic (exact) mass is 676 g/mol. The van der Waals surface area contributed by atoms with E-state index in [1.807, 2.05) is 30.3 Å². The van der Waals surface area contributed by atoms with E-state index in [9.17, 15) is 27.6 Å². The fourth-order valence-electron chi connectivity index (χ4n) is 4.86. The van der Waals surface area contributed by atoms with E-state index >= 15 is 0 Å². The van der Waals surface area contributed by atoms with Crippen LogP contribution in [0.4, 0.5) is 13.2 Å². The molecule has 1 aliphatic heterocycles. The van der Waals surface area contributed by atoms with Gasteiger partial charge in [0.15, 0.2) is 6.61 Å². The van der Waals surface area contributed by atoms with Crippen molar-refractivity contribution in [1.29, 1.82) is 0 Å². The van der Waals surface area contributed by atoms with Crippen molar-refractivity contribution in [2.75, 3.05) is 13.2 Å². The fraction of sp³-hybridized carbons (Fsp3) is 0.233. The SMILES string of the molecule is C[C@@H](NC(=O)c1c2n(c(=O)n1-c1ccc(OCC(F)(F)F)cc1)CCN(C(=O)c1ccc(Br)c(Cl)c1)C2)c1ccccc1. The number of ether oxygens (including phenoxy) is 1. The van der Waals surface area contributed by atoms with E-state index in [-0.39, 0.29) is 42.7 Å². The minimum Gasteiger partial charge on any atom is -0.484 e. The van der Waals surface area contributed by atoms with Gasteiger partial charge in [-0.25, -0.2) is 4.79 Å². The summed E-state index contributed by atoms with van der Waals surface area (Å²) in [5.41, 5.74) is 1.26. The number of rotatable bonds is 7. The molecule has 43 heavy (non-hydrogen) atoms. The molecule has 0 fully saturated rings. The molecule has 2 amide bonds. The molecule has 1 N–H and O–H groups in total. The second kappa shape index (κ2) is 12.3. The minimum atomic E-state index is -4.51. The average molecular weight is 678 g/mol. The molecule has 5 rings (SSSR count). The zero-order chi connectivity index (χ0) is 30.9. The van der Waals surface area contributed by atoms with Crippen molar-refractivity contribution >= 4 is 39.3 Å². The van der Waals surface area contributed by atoms with Crippen LogP contribution in [0.5, 0.6) is 5.75 Å². The second-order valence-electron chi connectivity index (χ2n) is 9.92. The number of carbonyl (C=O) groups excluding carboxylic acids is 2. The summed E-state index contributed by atoms with van der Waals surface area (Å²) >= 11 is 9.52. The molecule has 0 radical (unpaired) electrons. The van der Waals surface area contributed by atoms with Gasteiger partial charge in [-0.15, -0.1) is 0 Å². The molecule has 1 aliphatic rings. The summed E-state index contributed by atoms with van der Waals surface area (Å²) in [6, 6.07) is 19.1. The third-order valence-corrected chi connectivity index (χ3v) is 8.23. The summed E-state index contributed by atoms with van der Waals surface area (Å²) in [5.74, 6) is -0.927. The number of alkyl halides is 3. The predicted molar refractivity (Wildman–Crippen MR) is 158 cm³/mol. The van der Waals surface area contributed by atoms with Gasteiger partial charge in [0.05, 0.1) is 29.0 Å². The summed E-state index contributed by atoms with van der Waals surface area (Å²) in [6.07, 6.45) is -4.51. The predicted octanol–water partition coefficient (Wildman–Crippen LogP) is 6.14. The highest BCUT2D eigenvalue weighted by atomic mass is 79.9. The first-order valence-corrected chi connectivity index (χ1v) is 14.3. The van der Waals surface area contributed by atoms with Gasteiger partial charge in [0.2, 0.25) is 0 Å². The van der Waals surface area contributed by atoms with E-state index in [2.05, 4.69) is 21.2 Å². The normalized spacial score (nSPS) is 13.8. The molecule has 8 nitrogen and oxygen atoms in total. The highest BCUT2D eigenvalue weighted by Crippen LogP contribution is 2.27. The Morgan fingerprint density at radius 3 is 2.40 bits per heavy atom. The first-order valence-electron chi connectivity index (χ1n) is 13.2. The van der Waals surface area contributed by atoms with Crippen LogP contribution in [0.3, 0.4) is 0 Å². The van der Waals surface area contributed by atoms with Crippen molar-refractivity contribution < 1.29 is 27.5 Å². The van der Waals surface area contributed by atoms with Gasteiger partial charge in [-0.05, 0) is 70.9 Å². The molecule has 0 saturated carbocycles. The quantitative estimate of drug-likeness (QED) is 0.255. The van der Waals surface area contributed by atoms with Crippen LogP contribution in [-0.2, 0) is 13.1 Å². The van der Waals surface area contributed by atoms with Crippen molar-refractivity contribution in [3.8, 4) is 11.4 Å². The number of fused-ring (bicyclic) bond motifs is 1. The van der Waals surface area contributed by atoms with Crippen LogP contribution in [-0.4, -0.2) is 45.2 Å². The van der Waals surface area contributed by atoms with Crippen LogP contribution in [0.15, 0.2) is 82.1 Å². The maximum Gasteiger partial charge on any atom is 0.422 e. The smallest absolute Gasteiger partial charge is 0.422 e. The van der Waals surface area contributed by atoms with E-state index in [1.54, 1.807) is 25.1 Å². The average Bonchev–Trinajstić information content (AvgIpc) is 3.29. The number of hydrogen-bond donors (Lipinski definition) is 1. The molecular formula is C30H25BrClF3N4O4. The lowest BCUT2D eigenvalue weighted by atomic mass is 10.1. The van der Waals surface area contributed by atoms with Crippen molar-refractivity contribution in [2.24, 2.45) is 0 Å². The van der Waals surface area contributed by atoms with E-state index in [0.29, 0.717) is 20.8 Å². The maximum absolute atomic E-state index is 13.9. The summed E-state index contributed by atoms with van der Waals surface area (Å²) in [4.78, 5) is 42.5. The highest BCUT2D eigenvalue weighted by molar-refractivity contribution is 9.10. The third kappa shape index (κ3) is 6.65. The van der Waals surface area contributed by atoms with Gasteiger partial charge < -0.3 is 15.0 Å². The van der Waals surface area contributed by atoms with Gasteiger partial charge in [-0.1, -0.05) is 41.9 Å².